The zero-order chi connectivity index (χ0) is 15.2. The van der Waals surface area contributed by atoms with E-state index in [9.17, 15) is 4.79 Å². The molecule has 1 aliphatic carbocycles. The number of piperidine rings is 1. The van der Waals surface area contributed by atoms with E-state index in [1.165, 1.54) is 58.2 Å². The third-order valence-corrected chi connectivity index (χ3v) is 5.94. The Balaban J connectivity index is 0.00000192. The molecule has 0 aromatic carbocycles. The van der Waals surface area contributed by atoms with Gasteiger partial charge >= 0.3 is 0 Å². The first-order chi connectivity index (χ1) is 10.8. The topological polar surface area (TPSA) is 35.6 Å². The van der Waals surface area contributed by atoms with Crippen molar-refractivity contribution >= 4 is 18.3 Å². The van der Waals surface area contributed by atoms with Gasteiger partial charge in [-0.2, -0.15) is 0 Å². The normalized spacial score (nSPS) is 24.6. The summed E-state index contributed by atoms with van der Waals surface area (Å²) < 4.78 is 0. The van der Waals surface area contributed by atoms with Crippen LogP contribution in [0.1, 0.15) is 51.4 Å². The Labute approximate surface area is 147 Å². The third kappa shape index (κ3) is 5.91. The summed E-state index contributed by atoms with van der Waals surface area (Å²) in [5.74, 6) is 2.12. The molecule has 0 atom stereocenters. The Bertz CT molecular complexity index is 346. The van der Waals surface area contributed by atoms with Crippen molar-refractivity contribution in [2.75, 3.05) is 45.8 Å². The second-order valence-electron chi connectivity index (χ2n) is 7.56. The van der Waals surface area contributed by atoms with E-state index >= 15 is 0 Å². The largest absolute Gasteiger partial charge is 0.340 e. The molecule has 1 N–H and O–H groups in total. The summed E-state index contributed by atoms with van der Waals surface area (Å²) in [6.07, 6.45) is 10.0. The highest BCUT2D eigenvalue weighted by atomic mass is 35.5. The van der Waals surface area contributed by atoms with Crippen molar-refractivity contribution in [3.63, 3.8) is 0 Å². The van der Waals surface area contributed by atoms with Gasteiger partial charge in [-0.05, 0) is 44.2 Å². The predicted octanol–water partition coefficient (Wildman–Crippen LogP) is 2.52. The lowest BCUT2D eigenvalue weighted by atomic mass is 9.97. The molecule has 0 radical (unpaired) electrons. The Morgan fingerprint density at radius 2 is 1.57 bits per heavy atom. The number of hydrogen-bond acceptors (Lipinski definition) is 3. The lowest BCUT2D eigenvalue weighted by Crippen LogP contribution is -2.50. The van der Waals surface area contributed by atoms with E-state index in [1.807, 2.05) is 0 Å². The van der Waals surface area contributed by atoms with Crippen LogP contribution in [-0.2, 0) is 4.79 Å². The lowest BCUT2D eigenvalue weighted by molar-refractivity contribution is -0.133. The van der Waals surface area contributed by atoms with Gasteiger partial charge in [0, 0.05) is 39.1 Å². The molecule has 23 heavy (non-hydrogen) atoms. The number of rotatable bonds is 5. The van der Waals surface area contributed by atoms with Gasteiger partial charge in [-0.3, -0.25) is 9.69 Å². The molecule has 0 spiro atoms. The number of carbonyl (C=O) groups excluding carboxylic acids is 1. The number of carbonyl (C=O) groups is 1. The van der Waals surface area contributed by atoms with E-state index in [0.717, 1.165) is 50.9 Å². The highest BCUT2D eigenvalue weighted by Crippen LogP contribution is 2.28. The number of hydrogen-bond donors (Lipinski definition) is 1. The molecule has 134 valence electrons. The van der Waals surface area contributed by atoms with E-state index in [2.05, 4.69) is 15.1 Å². The van der Waals surface area contributed by atoms with Crippen molar-refractivity contribution in [2.45, 2.75) is 51.4 Å². The van der Waals surface area contributed by atoms with Crippen LogP contribution >= 0.6 is 12.4 Å². The summed E-state index contributed by atoms with van der Waals surface area (Å²) in [6, 6.07) is 0. The molecule has 2 heterocycles. The minimum Gasteiger partial charge on any atom is -0.340 e. The molecule has 1 saturated carbocycles. The maximum Gasteiger partial charge on any atom is 0.222 e. The molecule has 1 amide bonds. The lowest BCUT2D eigenvalue weighted by Gasteiger charge is -2.37. The molecule has 0 unspecified atom stereocenters. The summed E-state index contributed by atoms with van der Waals surface area (Å²) in [7, 11) is 0. The van der Waals surface area contributed by atoms with Gasteiger partial charge in [0.05, 0.1) is 0 Å². The van der Waals surface area contributed by atoms with Gasteiger partial charge in [-0.1, -0.05) is 25.7 Å². The standard InChI is InChI=1S/C18H33N3O.ClH/c22-18(6-5-16-3-1-2-4-16)21-13-11-20(12-14-21)15-17-7-9-19-10-8-17;/h16-17,19H,1-15H2;1H. The van der Waals surface area contributed by atoms with Crippen LogP contribution in [0.15, 0.2) is 0 Å². The number of amides is 1. The molecule has 3 aliphatic rings. The number of piperazine rings is 1. The van der Waals surface area contributed by atoms with Gasteiger partial charge < -0.3 is 10.2 Å². The van der Waals surface area contributed by atoms with E-state index in [-0.39, 0.29) is 12.4 Å². The Kier molecular flexibility index (Phi) is 8.14. The zero-order valence-electron chi connectivity index (χ0n) is 14.5. The molecule has 5 heteroatoms. The summed E-state index contributed by atoms with van der Waals surface area (Å²) in [4.78, 5) is 17.0. The quantitative estimate of drug-likeness (QED) is 0.833. The highest BCUT2D eigenvalue weighted by Gasteiger charge is 2.24. The monoisotopic (exact) mass is 343 g/mol. The van der Waals surface area contributed by atoms with Crippen LogP contribution < -0.4 is 5.32 Å². The summed E-state index contributed by atoms with van der Waals surface area (Å²) in [6.45, 7) is 7.68. The van der Waals surface area contributed by atoms with E-state index in [0.29, 0.717) is 5.91 Å². The fourth-order valence-corrected chi connectivity index (χ4v) is 4.39. The van der Waals surface area contributed by atoms with E-state index in [1.54, 1.807) is 0 Å². The van der Waals surface area contributed by atoms with Crippen LogP contribution in [0.4, 0.5) is 0 Å². The van der Waals surface area contributed by atoms with Gasteiger partial charge in [-0.15, -0.1) is 12.4 Å². The van der Waals surface area contributed by atoms with Crippen LogP contribution in [-0.4, -0.2) is 61.5 Å². The first kappa shape index (κ1) is 19.0. The molecule has 3 fully saturated rings. The second-order valence-corrected chi connectivity index (χ2v) is 7.56. The Morgan fingerprint density at radius 1 is 0.913 bits per heavy atom. The minimum atomic E-state index is 0. The van der Waals surface area contributed by atoms with Crippen LogP contribution in [0, 0.1) is 11.8 Å². The Morgan fingerprint density at radius 3 is 2.22 bits per heavy atom. The van der Waals surface area contributed by atoms with Crippen molar-refractivity contribution in [2.24, 2.45) is 11.8 Å². The van der Waals surface area contributed by atoms with Crippen molar-refractivity contribution in [3.8, 4) is 0 Å². The molecule has 0 aromatic heterocycles. The van der Waals surface area contributed by atoms with E-state index < -0.39 is 0 Å². The molecule has 4 nitrogen and oxygen atoms in total. The average Bonchev–Trinajstić information content (AvgIpc) is 3.08. The Hall–Kier alpha value is -0.320. The van der Waals surface area contributed by atoms with Crippen molar-refractivity contribution < 1.29 is 4.79 Å². The summed E-state index contributed by atoms with van der Waals surface area (Å²) >= 11 is 0. The van der Waals surface area contributed by atoms with Crippen LogP contribution in [0.2, 0.25) is 0 Å². The fourth-order valence-electron chi connectivity index (χ4n) is 4.39. The molecule has 2 saturated heterocycles. The van der Waals surface area contributed by atoms with Crippen molar-refractivity contribution in [1.29, 1.82) is 0 Å². The molecule has 2 aliphatic heterocycles. The first-order valence-electron chi connectivity index (χ1n) is 9.52. The number of nitrogens with zero attached hydrogens (tertiary/aromatic N) is 2. The van der Waals surface area contributed by atoms with Crippen molar-refractivity contribution in [3.05, 3.63) is 0 Å². The third-order valence-electron chi connectivity index (χ3n) is 5.94. The first-order valence-corrected chi connectivity index (χ1v) is 9.52. The second kappa shape index (κ2) is 9.85. The van der Waals surface area contributed by atoms with Crippen LogP contribution in [0.3, 0.4) is 0 Å². The molecule has 3 rings (SSSR count). The van der Waals surface area contributed by atoms with Gasteiger partial charge in [0.2, 0.25) is 5.91 Å². The predicted molar refractivity (Wildman–Crippen MR) is 97.1 cm³/mol. The summed E-state index contributed by atoms with van der Waals surface area (Å²) in [5, 5.41) is 3.44. The maximum absolute atomic E-state index is 12.4. The van der Waals surface area contributed by atoms with Crippen LogP contribution in [0.25, 0.3) is 0 Å². The maximum atomic E-state index is 12.4. The van der Waals surface area contributed by atoms with Crippen LogP contribution in [0.5, 0.6) is 0 Å². The number of nitrogens with one attached hydrogen (secondary N) is 1. The molecular formula is C18H34ClN3O. The fraction of sp³-hybridized carbons (Fsp3) is 0.944. The van der Waals surface area contributed by atoms with Gasteiger partial charge in [0.25, 0.3) is 0 Å². The van der Waals surface area contributed by atoms with Crippen molar-refractivity contribution in [1.82, 2.24) is 15.1 Å². The van der Waals surface area contributed by atoms with Gasteiger partial charge in [0.15, 0.2) is 0 Å². The minimum absolute atomic E-state index is 0. The smallest absolute Gasteiger partial charge is 0.222 e. The van der Waals surface area contributed by atoms with Gasteiger partial charge in [-0.25, -0.2) is 0 Å². The molecule has 0 bridgehead atoms. The zero-order valence-corrected chi connectivity index (χ0v) is 15.3. The average molecular weight is 344 g/mol. The highest BCUT2D eigenvalue weighted by molar-refractivity contribution is 5.85. The molecular weight excluding hydrogens is 310 g/mol. The molecule has 0 aromatic rings. The number of halogens is 1. The SMILES string of the molecule is Cl.O=C(CCC1CCCC1)N1CCN(CC2CCNCC2)CC1. The van der Waals surface area contributed by atoms with Gasteiger partial charge in [0.1, 0.15) is 0 Å². The van der Waals surface area contributed by atoms with E-state index in [4.69, 9.17) is 0 Å². The summed E-state index contributed by atoms with van der Waals surface area (Å²) in [5.41, 5.74) is 0.